The van der Waals surface area contributed by atoms with Crippen molar-refractivity contribution in [3.63, 3.8) is 0 Å². The molecule has 3 rings (SSSR count). The van der Waals surface area contributed by atoms with E-state index in [2.05, 4.69) is 49.8 Å². The predicted octanol–water partition coefficient (Wildman–Crippen LogP) is 2.36. The third kappa shape index (κ3) is 6.01. The van der Waals surface area contributed by atoms with Crippen LogP contribution in [0, 0.1) is 12.8 Å². The number of aromatic nitrogens is 2. The monoisotopic (exact) mass is 400 g/mol. The van der Waals surface area contributed by atoms with Gasteiger partial charge in [-0.25, -0.2) is 4.79 Å². The quantitative estimate of drug-likeness (QED) is 0.742. The molecule has 2 unspecified atom stereocenters. The third-order valence-corrected chi connectivity index (χ3v) is 5.31. The fourth-order valence-electron chi connectivity index (χ4n) is 3.50. The summed E-state index contributed by atoms with van der Waals surface area (Å²) in [5, 5.41) is 10.0. The molecule has 0 radical (unpaired) electrons. The summed E-state index contributed by atoms with van der Waals surface area (Å²) in [6.07, 6.45) is 0. The minimum absolute atomic E-state index is 0.100. The summed E-state index contributed by atoms with van der Waals surface area (Å²) >= 11 is 0. The van der Waals surface area contributed by atoms with Crippen LogP contribution in [0.1, 0.15) is 43.2 Å². The predicted molar refractivity (Wildman–Crippen MR) is 111 cm³/mol. The van der Waals surface area contributed by atoms with E-state index in [1.165, 1.54) is 0 Å². The highest BCUT2D eigenvalue weighted by molar-refractivity contribution is 5.75. The van der Waals surface area contributed by atoms with E-state index in [1.54, 1.807) is 6.92 Å². The van der Waals surface area contributed by atoms with Gasteiger partial charge < -0.3 is 20.1 Å². The molecule has 2 N–H and O–H groups in total. The molecule has 158 valence electrons. The number of nitrogens with zero attached hydrogens (tertiary/aromatic N) is 4. The summed E-state index contributed by atoms with van der Waals surface area (Å²) in [6.45, 7) is 10.7. The van der Waals surface area contributed by atoms with Crippen LogP contribution in [0.25, 0.3) is 0 Å². The molecule has 2 aromatic rings. The standard InChI is InChI=1S/C21H32N6O2/c1-15(2)19(20-22-16(3)25-29-20)24-21(28)23-18(17-8-6-5-7-9-17)14-27-12-10-26(4)11-13-27/h5-9,15,18-19H,10-14H2,1-4H3,(H2,23,24,28). The van der Waals surface area contributed by atoms with Gasteiger partial charge in [0.05, 0.1) is 6.04 Å². The van der Waals surface area contributed by atoms with Gasteiger partial charge in [0.1, 0.15) is 6.04 Å². The van der Waals surface area contributed by atoms with Crippen molar-refractivity contribution in [2.24, 2.45) is 5.92 Å². The van der Waals surface area contributed by atoms with E-state index in [-0.39, 0.29) is 24.0 Å². The van der Waals surface area contributed by atoms with Crippen LogP contribution in [-0.4, -0.2) is 65.7 Å². The zero-order valence-corrected chi connectivity index (χ0v) is 17.8. The summed E-state index contributed by atoms with van der Waals surface area (Å²) in [5.74, 6) is 1.11. The van der Waals surface area contributed by atoms with Crippen LogP contribution in [0.4, 0.5) is 4.79 Å². The Kier molecular flexibility index (Phi) is 7.22. The zero-order valence-electron chi connectivity index (χ0n) is 17.8. The van der Waals surface area contributed by atoms with E-state index in [0.717, 1.165) is 38.3 Å². The summed E-state index contributed by atoms with van der Waals surface area (Å²) in [7, 11) is 2.14. The molecule has 1 aromatic heterocycles. The lowest BCUT2D eigenvalue weighted by molar-refractivity contribution is 0.142. The number of rotatable bonds is 7. The van der Waals surface area contributed by atoms with Crippen molar-refractivity contribution in [1.82, 2.24) is 30.6 Å². The number of hydrogen-bond donors (Lipinski definition) is 2. The first kappa shape index (κ1) is 21.3. The average Bonchev–Trinajstić information content (AvgIpc) is 3.13. The first-order valence-corrected chi connectivity index (χ1v) is 10.3. The second kappa shape index (κ2) is 9.84. The zero-order chi connectivity index (χ0) is 20.8. The Bertz CT molecular complexity index is 770. The maximum Gasteiger partial charge on any atom is 0.315 e. The molecule has 0 spiro atoms. The van der Waals surface area contributed by atoms with Gasteiger partial charge in [-0.2, -0.15) is 4.98 Å². The number of likely N-dealkylation sites (N-methyl/N-ethyl adjacent to an activating group) is 1. The van der Waals surface area contributed by atoms with Crippen LogP contribution in [0.5, 0.6) is 0 Å². The molecule has 1 aliphatic heterocycles. The molecule has 0 aliphatic carbocycles. The number of benzene rings is 1. The van der Waals surface area contributed by atoms with Crippen LogP contribution in [0.15, 0.2) is 34.9 Å². The van der Waals surface area contributed by atoms with Gasteiger partial charge in [-0.15, -0.1) is 0 Å². The van der Waals surface area contributed by atoms with Crippen molar-refractivity contribution >= 4 is 6.03 Å². The van der Waals surface area contributed by atoms with Gasteiger partial charge in [0, 0.05) is 32.7 Å². The van der Waals surface area contributed by atoms with Crippen LogP contribution in [-0.2, 0) is 0 Å². The Hall–Kier alpha value is -2.45. The van der Waals surface area contributed by atoms with Crippen molar-refractivity contribution in [1.29, 1.82) is 0 Å². The number of hydrogen-bond acceptors (Lipinski definition) is 6. The summed E-state index contributed by atoms with van der Waals surface area (Å²) in [5.41, 5.74) is 1.09. The average molecular weight is 401 g/mol. The number of amides is 2. The third-order valence-electron chi connectivity index (χ3n) is 5.31. The number of carbonyl (C=O) groups is 1. The van der Waals surface area contributed by atoms with Gasteiger partial charge in [-0.3, -0.25) is 4.90 Å². The van der Waals surface area contributed by atoms with Crippen molar-refractivity contribution < 1.29 is 9.32 Å². The number of urea groups is 1. The molecular formula is C21H32N6O2. The van der Waals surface area contributed by atoms with Gasteiger partial charge >= 0.3 is 6.03 Å². The summed E-state index contributed by atoms with van der Waals surface area (Å²) in [4.78, 5) is 21.9. The Morgan fingerprint density at radius 2 is 1.83 bits per heavy atom. The van der Waals surface area contributed by atoms with E-state index in [0.29, 0.717) is 11.7 Å². The first-order valence-electron chi connectivity index (χ1n) is 10.3. The van der Waals surface area contributed by atoms with Crippen molar-refractivity contribution in [2.45, 2.75) is 32.9 Å². The normalized spacial score (nSPS) is 17.8. The van der Waals surface area contributed by atoms with Crippen molar-refractivity contribution in [2.75, 3.05) is 39.8 Å². The van der Waals surface area contributed by atoms with E-state index in [4.69, 9.17) is 4.52 Å². The number of carbonyl (C=O) groups excluding carboxylic acids is 1. The minimum Gasteiger partial charge on any atom is -0.337 e. The molecule has 29 heavy (non-hydrogen) atoms. The molecule has 8 nitrogen and oxygen atoms in total. The second-order valence-electron chi connectivity index (χ2n) is 8.09. The van der Waals surface area contributed by atoms with Crippen molar-refractivity contribution in [3.8, 4) is 0 Å². The molecule has 1 aliphatic rings. The Balaban J connectivity index is 1.68. The molecule has 2 heterocycles. The topological polar surface area (TPSA) is 86.5 Å². The van der Waals surface area contributed by atoms with E-state index in [9.17, 15) is 4.79 Å². The highest BCUT2D eigenvalue weighted by Gasteiger charge is 2.26. The molecule has 2 atom stereocenters. The summed E-state index contributed by atoms with van der Waals surface area (Å²) in [6, 6.07) is 9.44. The van der Waals surface area contributed by atoms with Crippen molar-refractivity contribution in [3.05, 3.63) is 47.6 Å². The molecule has 2 amide bonds. The second-order valence-corrected chi connectivity index (χ2v) is 8.09. The maximum atomic E-state index is 12.9. The molecule has 1 aromatic carbocycles. The SMILES string of the molecule is Cc1noc(C(NC(=O)NC(CN2CCN(C)CC2)c2ccccc2)C(C)C)n1. The molecule has 0 bridgehead atoms. The molecular weight excluding hydrogens is 368 g/mol. The maximum absolute atomic E-state index is 12.9. The highest BCUT2D eigenvalue weighted by atomic mass is 16.5. The smallest absolute Gasteiger partial charge is 0.315 e. The van der Waals surface area contributed by atoms with Crippen LogP contribution >= 0.6 is 0 Å². The van der Waals surface area contributed by atoms with Crippen LogP contribution in [0.3, 0.4) is 0 Å². The summed E-state index contributed by atoms with van der Waals surface area (Å²) < 4.78 is 5.29. The lowest BCUT2D eigenvalue weighted by Gasteiger charge is -2.35. The molecule has 1 saturated heterocycles. The van der Waals surface area contributed by atoms with Gasteiger partial charge in [0.15, 0.2) is 5.82 Å². The Labute approximate surface area is 172 Å². The number of aryl methyl sites for hydroxylation is 1. The number of piperazine rings is 1. The highest BCUT2D eigenvalue weighted by Crippen LogP contribution is 2.21. The lowest BCUT2D eigenvalue weighted by Crippen LogP contribution is -2.49. The molecule has 8 heteroatoms. The number of nitrogens with one attached hydrogen (secondary N) is 2. The van der Waals surface area contributed by atoms with Gasteiger partial charge in [-0.1, -0.05) is 49.3 Å². The fraction of sp³-hybridized carbons (Fsp3) is 0.571. The van der Waals surface area contributed by atoms with Gasteiger partial charge in [0.25, 0.3) is 0 Å². The van der Waals surface area contributed by atoms with E-state index < -0.39 is 0 Å². The first-order chi connectivity index (χ1) is 13.9. The lowest BCUT2D eigenvalue weighted by atomic mass is 10.0. The Morgan fingerprint density at radius 3 is 2.41 bits per heavy atom. The van der Waals surface area contributed by atoms with E-state index >= 15 is 0 Å². The van der Waals surface area contributed by atoms with E-state index in [1.807, 2.05) is 32.0 Å². The minimum atomic E-state index is -0.337. The van der Waals surface area contributed by atoms with Crippen LogP contribution in [0.2, 0.25) is 0 Å². The molecule has 1 fully saturated rings. The van der Waals surface area contributed by atoms with Gasteiger partial charge in [-0.05, 0) is 25.5 Å². The molecule has 0 saturated carbocycles. The fourth-order valence-corrected chi connectivity index (χ4v) is 3.50. The van der Waals surface area contributed by atoms with Crippen LogP contribution < -0.4 is 10.6 Å². The Morgan fingerprint density at radius 1 is 1.14 bits per heavy atom. The van der Waals surface area contributed by atoms with Gasteiger partial charge in [0.2, 0.25) is 5.89 Å². The largest absolute Gasteiger partial charge is 0.337 e.